The quantitative estimate of drug-likeness (QED) is 0.810. The summed E-state index contributed by atoms with van der Waals surface area (Å²) in [6.45, 7) is 4.62. The first-order valence-electron chi connectivity index (χ1n) is 7.17. The summed E-state index contributed by atoms with van der Waals surface area (Å²) in [5, 5.41) is 3.94. The van der Waals surface area contributed by atoms with Gasteiger partial charge in [-0.1, -0.05) is 6.42 Å². The second-order valence-electron chi connectivity index (χ2n) is 5.41. The molecule has 1 aliphatic rings. The van der Waals surface area contributed by atoms with Crippen molar-refractivity contribution in [3.8, 4) is 5.75 Å². The van der Waals surface area contributed by atoms with E-state index >= 15 is 0 Å². The van der Waals surface area contributed by atoms with Gasteiger partial charge in [0.15, 0.2) is 11.6 Å². The van der Waals surface area contributed by atoms with Gasteiger partial charge in [0.2, 0.25) is 0 Å². The first-order valence-corrected chi connectivity index (χ1v) is 8.22. The molecule has 0 radical (unpaired) electrons. The van der Waals surface area contributed by atoms with Crippen molar-refractivity contribution < 1.29 is 9.13 Å². The van der Waals surface area contributed by atoms with Crippen LogP contribution in [0, 0.1) is 5.82 Å². The monoisotopic (exact) mass is 298 g/mol. The van der Waals surface area contributed by atoms with Gasteiger partial charge in [-0.3, -0.25) is 0 Å². The van der Waals surface area contributed by atoms with E-state index in [9.17, 15) is 4.39 Å². The zero-order chi connectivity index (χ0) is 14.5. The van der Waals surface area contributed by atoms with E-state index in [1.807, 2.05) is 25.6 Å². The molecule has 2 rings (SSSR count). The topological polar surface area (TPSA) is 47.3 Å². The molecule has 0 spiro atoms. The maximum absolute atomic E-state index is 13.7. The number of rotatable bonds is 5. The zero-order valence-corrected chi connectivity index (χ0v) is 12.9. The molecule has 112 valence electrons. The first-order chi connectivity index (χ1) is 9.56. The van der Waals surface area contributed by atoms with Gasteiger partial charge in [-0.2, -0.15) is 11.8 Å². The van der Waals surface area contributed by atoms with E-state index in [-0.39, 0.29) is 11.9 Å². The van der Waals surface area contributed by atoms with Crippen LogP contribution in [0.5, 0.6) is 5.75 Å². The van der Waals surface area contributed by atoms with Gasteiger partial charge < -0.3 is 15.8 Å². The fraction of sp³-hybridized carbons (Fsp3) is 0.600. The minimum absolute atomic E-state index is 0.0603. The molecular formula is C15H23FN2OS. The number of halogens is 1. The van der Waals surface area contributed by atoms with Crippen molar-refractivity contribution in [2.75, 3.05) is 23.3 Å². The molecule has 1 unspecified atom stereocenters. The Bertz CT molecular complexity index is 448. The Morgan fingerprint density at radius 2 is 2.25 bits per heavy atom. The number of benzene rings is 1. The van der Waals surface area contributed by atoms with Crippen LogP contribution in [0.25, 0.3) is 0 Å². The predicted octanol–water partition coefficient (Wildman–Crippen LogP) is 3.89. The molecular weight excluding hydrogens is 275 g/mol. The van der Waals surface area contributed by atoms with E-state index in [1.54, 1.807) is 6.07 Å². The van der Waals surface area contributed by atoms with Gasteiger partial charge in [0, 0.05) is 23.9 Å². The molecule has 0 saturated carbocycles. The fourth-order valence-electron chi connectivity index (χ4n) is 2.26. The van der Waals surface area contributed by atoms with Crippen molar-refractivity contribution in [2.45, 2.75) is 44.5 Å². The lowest BCUT2D eigenvalue weighted by atomic mass is 10.2. The molecule has 0 amide bonds. The van der Waals surface area contributed by atoms with E-state index in [0.29, 0.717) is 10.9 Å². The van der Waals surface area contributed by atoms with Crippen LogP contribution >= 0.6 is 11.8 Å². The van der Waals surface area contributed by atoms with Gasteiger partial charge in [0.25, 0.3) is 0 Å². The summed E-state index contributed by atoms with van der Waals surface area (Å²) >= 11 is 2.00. The summed E-state index contributed by atoms with van der Waals surface area (Å²) in [7, 11) is 0. The third-order valence-electron chi connectivity index (χ3n) is 3.26. The standard InChI is InChI=1S/C15H23FN2OS/c1-10(2)19-15-8-14(13(17)7-12(15)16)18-9-11-5-3-4-6-20-11/h7-8,10-11,18H,3-6,9,17H2,1-2H3. The van der Waals surface area contributed by atoms with Crippen LogP contribution in [-0.2, 0) is 0 Å². The van der Waals surface area contributed by atoms with E-state index in [0.717, 1.165) is 12.2 Å². The second-order valence-corrected chi connectivity index (χ2v) is 6.81. The van der Waals surface area contributed by atoms with Crippen LogP contribution in [0.2, 0.25) is 0 Å². The second kappa shape index (κ2) is 7.07. The lowest BCUT2D eigenvalue weighted by molar-refractivity contribution is 0.231. The Labute approximate surface area is 124 Å². The van der Waals surface area contributed by atoms with Crippen molar-refractivity contribution >= 4 is 23.1 Å². The van der Waals surface area contributed by atoms with Gasteiger partial charge in [0.05, 0.1) is 17.5 Å². The molecule has 0 bridgehead atoms. The number of hydrogen-bond acceptors (Lipinski definition) is 4. The molecule has 1 saturated heterocycles. The van der Waals surface area contributed by atoms with Gasteiger partial charge in [0.1, 0.15) is 0 Å². The molecule has 5 heteroatoms. The van der Waals surface area contributed by atoms with Crippen LogP contribution in [0.15, 0.2) is 12.1 Å². The smallest absolute Gasteiger partial charge is 0.167 e. The van der Waals surface area contributed by atoms with E-state index < -0.39 is 5.82 Å². The Morgan fingerprint density at radius 1 is 1.45 bits per heavy atom. The minimum atomic E-state index is -0.409. The molecule has 0 aliphatic carbocycles. The maximum atomic E-state index is 13.7. The highest BCUT2D eigenvalue weighted by atomic mass is 32.2. The highest BCUT2D eigenvalue weighted by molar-refractivity contribution is 7.99. The van der Waals surface area contributed by atoms with E-state index in [2.05, 4.69) is 5.32 Å². The molecule has 1 heterocycles. The fourth-order valence-corrected chi connectivity index (χ4v) is 3.50. The number of hydrogen-bond donors (Lipinski definition) is 2. The molecule has 1 aromatic carbocycles. The van der Waals surface area contributed by atoms with Gasteiger partial charge in [-0.15, -0.1) is 0 Å². The van der Waals surface area contributed by atoms with Crippen LogP contribution in [0.3, 0.4) is 0 Å². The lowest BCUT2D eigenvalue weighted by Crippen LogP contribution is -2.20. The summed E-state index contributed by atoms with van der Waals surface area (Å²) in [6, 6.07) is 2.99. The Kier molecular flexibility index (Phi) is 5.40. The molecule has 1 fully saturated rings. The molecule has 3 nitrogen and oxygen atoms in total. The van der Waals surface area contributed by atoms with Crippen molar-refractivity contribution in [2.24, 2.45) is 0 Å². The predicted molar refractivity (Wildman–Crippen MR) is 85.2 cm³/mol. The van der Waals surface area contributed by atoms with Crippen molar-refractivity contribution in [3.63, 3.8) is 0 Å². The number of nitrogens with one attached hydrogen (secondary N) is 1. The van der Waals surface area contributed by atoms with E-state index in [4.69, 9.17) is 10.5 Å². The third kappa shape index (κ3) is 4.20. The summed E-state index contributed by atoms with van der Waals surface area (Å²) in [5.74, 6) is 1.08. The number of ether oxygens (including phenoxy) is 1. The van der Waals surface area contributed by atoms with Crippen molar-refractivity contribution in [1.29, 1.82) is 0 Å². The van der Waals surface area contributed by atoms with Crippen LogP contribution in [0.4, 0.5) is 15.8 Å². The Hall–Kier alpha value is -1.10. The van der Waals surface area contributed by atoms with Crippen LogP contribution in [-0.4, -0.2) is 23.7 Å². The van der Waals surface area contributed by atoms with Crippen molar-refractivity contribution in [3.05, 3.63) is 17.9 Å². The third-order valence-corrected chi connectivity index (χ3v) is 4.66. The summed E-state index contributed by atoms with van der Waals surface area (Å²) in [6.07, 6.45) is 3.77. The number of thioether (sulfide) groups is 1. The Balaban J connectivity index is 2.02. The normalized spacial score (nSPS) is 19.1. The molecule has 1 atom stereocenters. The van der Waals surface area contributed by atoms with Gasteiger partial charge in [-0.05, 0) is 32.4 Å². The lowest BCUT2D eigenvalue weighted by Gasteiger charge is -2.22. The highest BCUT2D eigenvalue weighted by Crippen LogP contribution is 2.30. The van der Waals surface area contributed by atoms with Crippen LogP contribution in [0.1, 0.15) is 33.1 Å². The SMILES string of the molecule is CC(C)Oc1cc(NCC2CCCCS2)c(N)cc1F. The number of anilines is 2. The van der Waals surface area contributed by atoms with Gasteiger partial charge >= 0.3 is 0 Å². The zero-order valence-electron chi connectivity index (χ0n) is 12.1. The number of nitrogens with two attached hydrogens (primary N) is 1. The number of nitrogen functional groups attached to an aromatic ring is 1. The first kappa shape index (κ1) is 15.3. The largest absolute Gasteiger partial charge is 0.488 e. The molecule has 1 aliphatic heterocycles. The summed E-state index contributed by atoms with van der Waals surface area (Å²) < 4.78 is 19.2. The van der Waals surface area contributed by atoms with E-state index in [1.165, 1.54) is 31.1 Å². The molecule has 20 heavy (non-hydrogen) atoms. The average molecular weight is 298 g/mol. The molecule has 1 aromatic rings. The summed E-state index contributed by atoms with van der Waals surface area (Å²) in [4.78, 5) is 0. The summed E-state index contributed by atoms with van der Waals surface area (Å²) in [5.41, 5.74) is 7.06. The minimum Gasteiger partial charge on any atom is -0.488 e. The maximum Gasteiger partial charge on any atom is 0.167 e. The molecule has 3 N–H and O–H groups in total. The highest BCUT2D eigenvalue weighted by Gasteiger charge is 2.15. The van der Waals surface area contributed by atoms with Crippen molar-refractivity contribution in [1.82, 2.24) is 0 Å². The Morgan fingerprint density at radius 3 is 2.90 bits per heavy atom. The van der Waals surface area contributed by atoms with Gasteiger partial charge in [-0.25, -0.2) is 4.39 Å². The van der Waals surface area contributed by atoms with Crippen LogP contribution < -0.4 is 15.8 Å². The average Bonchev–Trinajstić information content (AvgIpc) is 2.41. The molecule has 0 aromatic heterocycles.